The highest BCUT2D eigenvalue weighted by molar-refractivity contribution is 4.81. The monoisotopic (exact) mass is 340 g/mol. The van der Waals surface area contributed by atoms with Gasteiger partial charge in [0.25, 0.3) is 0 Å². The Labute approximate surface area is 152 Å². The molecule has 2 heteroatoms. The van der Waals surface area contributed by atoms with E-state index in [1.165, 1.54) is 84.2 Å². The van der Waals surface area contributed by atoms with Crippen LogP contribution in [-0.4, -0.2) is 13.7 Å². The van der Waals surface area contributed by atoms with Gasteiger partial charge >= 0.3 is 0 Å². The minimum Gasteiger partial charge on any atom is -0.240 e. The molecule has 0 heterocycles. The van der Waals surface area contributed by atoms with Gasteiger partial charge < -0.3 is 0 Å². The summed E-state index contributed by atoms with van der Waals surface area (Å²) in [5, 5.41) is 0. The fourth-order valence-corrected chi connectivity index (χ4v) is 2.24. The zero-order valence-electron chi connectivity index (χ0n) is 17.0. The number of allylic oxidation sites excluding steroid dienone is 4. The first-order chi connectivity index (χ1) is 11.8. The van der Waals surface area contributed by atoms with Crippen molar-refractivity contribution in [1.29, 1.82) is 0 Å². The summed E-state index contributed by atoms with van der Waals surface area (Å²) in [6.07, 6.45) is 26.6. The number of hydrogen-bond acceptors (Lipinski definition) is 2. The van der Waals surface area contributed by atoms with Crippen molar-refractivity contribution >= 4 is 0 Å². The molecule has 0 bridgehead atoms. The molecule has 2 nitrogen and oxygen atoms in total. The lowest BCUT2D eigenvalue weighted by atomic mass is 10.1. The molecule has 0 aliphatic carbocycles. The molecule has 0 rings (SSSR count). The molecular weight excluding hydrogens is 296 g/mol. The fourth-order valence-electron chi connectivity index (χ4n) is 2.24. The van der Waals surface area contributed by atoms with Gasteiger partial charge in [0, 0.05) is 0 Å². The maximum absolute atomic E-state index is 4.48. The predicted octanol–water partition coefficient (Wildman–Crippen LogP) is 7.79. The average molecular weight is 341 g/mol. The lowest BCUT2D eigenvalue weighted by molar-refractivity contribution is -0.272. The molecule has 0 aliphatic rings. The molecule has 0 aromatic heterocycles. The molecule has 144 valence electrons. The minimum absolute atomic E-state index is 0.691. The van der Waals surface area contributed by atoms with Gasteiger partial charge in [-0.1, -0.05) is 83.6 Å². The molecule has 0 aromatic carbocycles. The van der Waals surface area contributed by atoms with E-state index in [-0.39, 0.29) is 0 Å². The van der Waals surface area contributed by atoms with E-state index in [9.17, 15) is 0 Å². The Morgan fingerprint density at radius 1 is 0.583 bits per heavy atom. The fraction of sp³-hybridized carbons (Fsp3) is 0.818. The van der Waals surface area contributed by atoms with Crippen molar-refractivity contribution in [1.82, 2.24) is 0 Å². The highest BCUT2D eigenvalue weighted by Gasteiger charge is 1.89. The van der Waals surface area contributed by atoms with Crippen LogP contribution in [0.25, 0.3) is 0 Å². The molecule has 0 aromatic rings. The third kappa shape index (κ3) is 29.4. The van der Waals surface area contributed by atoms with Crippen LogP contribution < -0.4 is 0 Å². The van der Waals surface area contributed by atoms with Crippen molar-refractivity contribution in [3.05, 3.63) is 24.3 Å². The van der Waals surface area contributed by atoms with E-state index in [2.05, 4.69) is 47.9 Å². The second-order valence-corrected chi connectivity index (χ2v) is 6.18. The Kier molecular flexibility index (Phi) is 29.1. The van der Waals surface area contributed by atoms with E-state index in [1.54, 1.807) is 0 Å². The highest BCUT2D eigenvalue weighted by atomic mass is 17.2. The standard InChI is InChI=1S/C18H34.C4H10O2/c1-3-5-7-9-11-13-15-17-18-16-14-12-10-8-6-4-2;1-3-4-6-5-2/h5,7,10,12H,3-4,6,8-9,11,13-18H2,1-2H3;3-4H2,1-2H3/b7-5+,12-10-;. The van der Waals surface area contributed by atoms with Gasteiger partial charge in [-0.25, -0.2) is 9.78 Å². The van der Waals surface area contributed by atoms with Crippen molar-refractivity contribution in [2.45, 2.75) is 104 Å². The van der Waals surface area contributed by atoms with E-state index in [4.69, 9.17) is 0 Å². The summed E-state index contributed by atoms with van der Waals surface area (Å²) >= 11 is 0. The Bertz CT molecular complexity index is 242. The molecule has 0 amide bonds. The zero-order chi connectivity index (χ0) is 18.1. The highest BCUT2D eigenvalue weighted by Crippen LogP contribution is 2.09. The molecule has 0 N–H and O–H groups in total. The summed E-state index contributed by atoms with van der Waals surface area (Å²) in [5.74, 6) is 0. The largest absolute Gasteiger partial charge is 0.240 e. The summed E-state index contributed by atoms with van der Waals surface area (Å²) in [7, 11) is 1.51. The van der Waals surface area contributed by atoms with Crippen molar-refractivity contribution < 1.29 is 9.78 Å². The summed E-state index contributed by atoms with van der Waals surface area (Å²) in [4.78, 5) is 8.76. The van der Waals surface area contributed by atoms with Crippen LogP contribution >= 0.6 is 0 Å². The van der Waals surface area contributed by atoms with Crippen LogP contribution in [0.4, 0.5) is 0 Å². The normalized spacial score (nSPS) is 11.2. The van der Waals surface area contributed by atoms with Crippen LogP contribution in [0.1, 0.15) is 104 Å². The summed E-state index contributed by atoms with van der Waals surface area (Å²) in [6.45, 7) is 7.18. The van der Waals surface area contributed by atoms with Gasteiger partial charge in [-0.3, -0.25) is 0 Å². The van der Waals surface area contributed by atoms with E-state index in [0.717, 1.165) is 6.42 Å². The first-order valence-corrected chi connectivity index (χ1v) is 10.3. The van der Waals surface area contributed by atoms with Crippen LogP contribution in [0.2, 0.25) is 0 Å². The molecule has 0 aliphatic heterocycles. The van der Waals surface area contributed by atoms with Crippen LogP contribution in [0, 0.1) is 0 Å². The Hall–Kier alpha value is -0.600. The van der Waals surface area contributed by atoms with Gasteiger partial charge in [-0.15, -0.1) is 0 Å². The summed E-state index contributed by atoms with van der Waals surface area (Å²) < 4.78 is 0. The summed E-state index contributed by atoms with van der Waals surface area (Å²) in [6, 6.07) is 0. The minimum atomic E-state index is 0.691. The van der Waals surface area contributed by atoms with Crippen molar-refractivity contribution in [3.8, 4) is 0 Å². The Balaban J connectivity index is 0. The molecule has 0 fully saturated rings. The van der Waals surface area contributed by atoms with Crippen molar-refractivity contribution in [2.75, 3.05) is 13.7 Å². The number of rotatable bonds is 16. The van der Waals surface area contributed by atoms with Crippen LogP contribution in [-0.2, 0) is 9.78 Å². The van der Waals surface area contributed by atoms with Gasteiger partial charge in [0.15, 0.2) is 0 Å². The van der Waals surface area contributed by atoms with Gasteiger partial charge in [-0.05, 0) is 44.9 Å². The Morgan fingerprint density at radius 3 is 1.50 bits per heavy atom. The molecule has 0 saturated heterocycles. The van der Waals surface area contributed by atoms with Crippen molar-refractivity contribution in [3.63, 3.8) is 0 Å². The maximum atomic E-state index is 4.48. The van der Waals surface area contributed by atoms with E-state index in [0.29, 0.717) is 6.61 Å². The molecule has 0 radical (unpaired) electrons. The van der Waals surface area contributed by atoms with Gasteiger partial charge in [0.1, 0.15) is 0 Å². The van der Waals surface area contributed by atoms with E-state index < -0.39 is 0 Å². The second-order valence-electron chi connectivity index (χ2n) is 6.18. The quantitative estimate of drug-likeness (QED) is 0.123. The van der Waals surface area contributed by atoms with Gasteiger partial charge in [0.2, 0.25) is 0 Å². The predicted molar refractivity (Wildman–Crippen MR) is 108 cm³/mol. The lowest BCUT2D eigenvalue weighted by Gasteiger charge is -1.99. The maximum Gasteiger partial charge on any atom is 0.0819 e. The molecular formula is C22H44O2. The zero-order valence-corrected chi connectivity index (χ0v) is 17.0. The molecule has 0 unspecified atom stereocenters. The van der Waals surface area contributed by atoms with Gasteiger partial charge in [-0.2, -0.15) is 0 Å². The third-order valence-electron chi connectivity index (χ3n) is 3.69. The smallest absolute Gasteiger partial charge is 0.0819 e. The topological polar surface area (TPSA) is 18.5 Å². The van der Waals surface area contributed by atoms with Crippen LogP contribution in [0.5, 0.6) is 0 Å². The molecule has 0 spiro atoms. The molecule has 24 heavy (non-hydrogen) atoms. The molecule has 0 saturated carbocycles. The van der Waals surface area contributed by atoms with E-state index >= 15 is 0 Å². The first-order valence-electron chi connectivity index (χ1n) is 10.3. The van der Waals surface area contributed by atoms with Crippen LogP contribution in [0.15, 0.2) is 24.3 Å². The van der Waals surface area contributed by atoms with Crippen molar-refractivity contribution in [2.24, 2.45) is 0 Å². The number of hydrogen-bond donors (Lipinski definition) is 0. The summed E-state index contributed by atoms with van der Waals surface area (Å²) in [5.41, 5.74) is 0. The van der Waals surface area contributed by atoms with Gasteiger partial charge in [0.05, 0.1) is 13.7 Å². The second kappa shape index (κ2) is 27.3. The number of unbranched alkanes of at least 4 members (excludes halogenated alkanes) is 9. The third-order valence-corrected chi connectivity index (χ3v) is 3.69. The lowest BCUT2D eigenvalue weighted by Crippen LogP contribution is -1.88. The SMILES string of the molecule is CC/C=C/CCCCCCCC/C=C\CCCC.CCCOOC. The van der Waals surface area contributed by atoms with E-state index in [1.807, 2.05) is 6.92 Å². The first kappa shape index (κ1) is 25.6. The average Bonchev–Trinajstić information content (AvgIpc) is 2.61. The molecule has 0 atom stereocenters. The van der Waals surface area contributed by atoms with Crippen LogP contribution in [0.3, 0.4) is 0 Å². The Morgan fingerprint density at radius 2 is 1.08 bits per heavy atom.